The minimum Gasteiger partial charge on any atom is -0.489 e. The summed E-state index contributed by atoms with van der Waals surface area (Å²) in [4.78, 5) is 9.40. The molecule has 8 aromatic rings. The van der Waals surface area contributed by atoms with E-state index in [1.165, 1.54) is 36.8 Å². The van der Waals surface area contributed by atoms with Gasteiger partial charge in [0.1, 0.15) is 24.7 Å². The van der Waals surface area contributed by atoms with Crippen LogP contribution in [-0.2, 0) is 52.2 Å². The summed E-state index contributed by atoms with van der Waals surface area (Å²) < 4.78 is 24.2. The third-order valence-electron chi connectivity index (χ3n) is 14.8. The van der Waals surface area contributed by atoms with E-state index in [4.69, 9.17) is 29.0 Å². The predicted octanol–water partition coefficient (Wildman–Crippen LogP) is 13.2. The number of fused-ring (bicyclic) bond motifs is 2. The number of hydrogen-bond acceptors (Lipinski definition) is 12. The summed E-state index contributed by atoms with van der Waals surface area (Å²) in [5, 5.41) is 29.2. The van der Waals surface area contributed by atoms with Gasteiger partial charge in [-0.2, -0.15) is 10.5 Å². The number of aryl methyl sites for hydroxylation is 2. The molecule has 12 nitrogen and oxygen atoms in total. The van der Waals surface area contributed by atoms with Crippen molar-refractivity contribution in [2.75, 3.05) is 54.4 Å². The fourth-order valence-corrected chi connectivity index (χ4v) is 10.6. The van der Waals surface area contributed by atoms with Gasteiger partial charge in [0.05, 0.1) is 34.7 Å². The van der Waals surface area contributed by atoms with Crippen LogP contribution in [-0.4, -0.2) is 84.3 Å². The first-order chi connectivity index (χ1) is 37.1. The number of ether oxygens (including phenoxy) is 2. The number of nitriles is 2. The van der Waals surface area contributed by atoms with Crippen molar-refractivity contribution in [3.05, 3.63) is 189 Å². The van der Waals surface area contributed by atoms with Crippen molar-refractivity contribution in [2.24, 2.45) is 11.8 Å². The van der Waals surface area contributed by atoms with Gasteiger partial charge in [0.25, 0.3) is 0 Å². The van der Waals surface area contributed by atoms with Gasteiger partial charge in [0.15, 0.2) is 11.2 Å². The van der Waals surface area contributed by atoms with Crippen LogP contribution in [0.2, 0.25) is 0 Å². The van der Waals surface area contributed by atoms with Gasteiger partial charge in [-0.15, -0.1) is 24.8 Å². The zero-order chi connectivity index (χ0) is 52.6. The van der Waals surface area contributed by atoms with E-state index in [0.29, 0.717) is 36.2 Å². The van der Waals surface area contributed by atoms with Crippen molar-refractivity contribution < 1.29 is 18.5 Å². The van der Waals surface area contributed by atoms with Crippen LogP contribution in [0.25, 0.3) is 21.9 Å². The second-order valence-electron chi connectivity index (χ2n) is 21.3. The van der Waals surface area contributed by atoms with Gasteiger partial charge >= 0.3 is 0 Å². The van der Waals surface area contributed by atoms with Gasteiger partial charge in [-0.05, 0) is 188 Å². The van der Waals surface area contributed by atoms with Crippen LogP contribution in [0.3, 0.4) is 0 Å². The minimum atomic E-state index is 0. The van der Waals surface area contributed by atoms with E-state index in [-0.39, 0.29) is 24.8 Å². The predicted molar refractivity (Wildman–Crippen MR) is 314 cm³/mol. The van der Waals surface area contributed by atoms with Gasteiger partial charge in [-0.3, -0.25) is 9.80 Å². The standard InChI is InChI=1S/2C32H36N4O2.2ClH/c2*1-35(2)22-28-18-29(37-23-27-10-8-25(20-33)9-11-27)19-30-31(34-38-32(28)30)13-12-24-14-16-36(17-15-24)21-26-6-4-3-5-7-26;;/h2*3-11,18-19,24H,12-17,21-23H2,1-2H3;2*1H. The normalized spacial score (nSPS) is 14.3. The first-order valence-corrected chi connectivity index (χ1v) is 27.0. The Morgan fingerprint density at radius 1 is 0.513 bits per heavy atom. The van der Waals surface area contributed by atoms with Gasteiger partial charge in [-0.25, -0.2) is 0 Å². The molecule has 4 heterocycles. The maximum Gasteiger partial charge on any atom is 0.171 e. The summed E-state index contributed by atoms with van der Waals surface area (Å²) >= 11 is 0. The zero-order valence-electron chi connectivity index (χ0n) is 45.6. The van der Waals surface area contributed by atoms with E-state index >= 15 is 0 Å². The zero-order valence-corrected chi connectivity index (χ0v) is 47.2. The van der Waals surface area contributed by atoms with Gasteiger partial charge < -0.3 is 28.3 Å². The highest BCUT2D eigenvalue weighted by Crippen LogP contribution is 2.34. The van der Waals surface area contributed by atoms with E-state index in [9.17, 15) is 0 Å². The molecule has 78 heavy (non-hydrogen) atoms. The second-order valence-corrected chi connectivity index (χ2v) is 21.3. The highest BCUT2D eigenvalue weighted by molar-refractivity contribution is 5.86. The molecule has 0 N–H and O–H groups in total. The van der Waals surface area contributed by atoms with Crippen LogP contribution in [0.5, 0.6) is 11.5 Å². The maximum atomic E-state index is 9.04. The number of aromatic nitrogens is 2. The number of nitrogens with zero attached hydrogens (tertiary/aromatic N) is 8. The molecule has 0 atom stereocenters. The van der Waals surface area contributed by atoms with E-state index in [0.717, 1.165) is 145 Å². The molecule has 0 saturated carbocycles. The summed E-state index contributed by atoms with van der Waals surface area (Å²) in [7, 11) is 8.21. The molecule has 2 aliphatic heterocycles. The largest absolute Gasteiger partial charge is 0.489 e. The van der Waals surface area contributed by atoms with Crippen LogP contribution in [0.4, 0.5) is 0 Å². The SMILES string of the molecule is CN(C)Cc1cc(OCc2ccc(C#N)cc2)cc2c(CCC3CCN(Cc4ccccc4)CC3)noc12.CN(C)Cc1cc(OCc2ccc(C#N)cc2)cc2c(CCC3CCN(Cc4ccccc4)CC3)noc12.Cl.Cl. The molecule has 2 aromatic heterocycles. The van der Waals surface area contributed by atoms with Crippen LogP contribution in [0, 0.1) is 34.5 Å². The molecule has 2 fully saturated rings. The summed E-state index contributed by atoms with van der Waals surface area (Å²) in [6.45, 7) is 9.08. The summed E-state index contributed by atoms with van der Waals surface area (Å²) in [6, 6.07) is 49.2. The van der Waals surface area contributed by atoms with Gasteiger partial charge in [0.2, 0.25) is 0 Å². The fourth-order valence-electron chi connectivity index (χ4n) is 10.6. The van der Waals surface area contributed by atoms with Crippen molar-refractivity contribution in [3.63, 3.8) is 0 Å². The lowest BCUT2D eigenvalue weighted by molar-refractivity contribution is 0.172. The Kier molecular flexibility index (Phi) is 22.1. The van der Waals surface area contributed by atoms with E-state index in [2.05, 4.69) is 155 Å². The highest BCUT2D eigenvalue weighted by Gasteiger charge is 2.24. The smallest absolute Gasteiger partial charge is 0.171 e. The quantitative estimate of drug-likeness (QED) is 0.0720. The molecule has 2 aliphatic rings. The van der Waals surface area contributed by atoms with Crippen LogP contribution in [0.15, 0.2) is 143 Å². The number of rotatable bonds is 20. The first kappa shape index (κ1) is 58.9. The van der Waals surface area contributed by atoms with E-state index < -0.39 is 0 Å². The first-order valence-electron chi connectivity index (χ1n) is 27.0. The Labute approximate surface area is 473 Å². The lowest BCUT2D eigenvalue weighted by atomic mass is 9.91. The third-order valence-corrected chi connectivity index (χ3v) is 14.8. The molecule has 0 radical (unpaired) electrons. The van der Waals surface area contributed by atoms with Crippen molar-refractivity contribution >= 4 is 46.8 Å². The number of halogens is 2. The monoisotopic (exact) mass is 1090 g/mol. The molecule has 0 amide bonds. The minimum absolute atomic E-state index is 0. The third kappa shape index (κ3) is 16.6. The Morgan fingerprint density at radius 2 is 0.885 bits per heavy atom. The van der Waals surface area contributed by atoms with Crippen LogP contribution >= 0.6 is 24.8 Å². The Hall–Kier alpha value is -6.74. The second kappa shape index (κ2) is 29.3. The Bertz CT molecular complexity index is 2960. The number of piperidine rings is 2. The number of benzene rings is 6. The van der Waals surface area contributed by atoms with E-state index in [1.54, 1.807) is 0 Å². The fraction of sp³-hybridized carbons (Fsp3) is 0.375. The molecule has 0 spiro atoms. The molecule has 14 heteroatoms. The molecule has 0 unspecified atom stereocenters. The average Bonchev–Trinajstić information content (AvgIpc) is 4.08. The average molecular weight is 1090 g/mol. The lowest BCUT2D eigenvalue weighted by Crippen LogP contribution is -2.33. The van der Waals surface area contributed by atoms with Gasteiger partial charge in [-0.1, -0.05) is 95.2 Å². The van der Waals surface area contributed by atoms with Crippen molar-refractivity contribution in [3.8, 4) is 23.6 Å². The van der Waals surface area contributed by atoms with Gasteiger partial charge in [0, 0.05) is 48.1 Å². The molecule has 0 aliphatic carbocycles. The maximum absolute atomic E-state index is 9.04. The Morgan fingerprint density at radius 3 is 1.23 bits per heavy atom. The molecule has 10 rings (SSSR count). The van der Waals surface area contributed by atoms with E-state index in [1.807, 2.05) is 48.5 Å². The van der Waals surface area contributed by atoms with Crippen LogP contribution < -0.4 is 9.47 Å². The van der Waals surface area contributed by atoms with Crippen molar-refractivity contribution in [1.29, 1.82) is 10.5 Å². The summed E-state index contributed by atoms with van der Waals surface area (Å²) in [5.41, 5.74) is 12.1. The van der Waals surface area contributed by atoms with Crippen molar-refractivity contribution in [1.82, 2.24) is 29.9 Å². The Balaban J connectivity index is 0.000000220. The lowest BCUT2D eigenvalue weighted by Gasteiger charge is -2.32. The summed E-state index contributed by atoms with van der Waals surface area (Å²) in [5.74, 6) is 3.06. The molecule has 6 aromatic carbocycles. The number of hydrogen-bond donors (Lipinski definition) is 0. The molecular formula is C64H74Cl2N8O4. The topological polar surface area (TPSA) is 131 Å². The molecule has 2 saturated heterocycles. The molecule has 408 valence electrons. The number of likely N-dealkylation sites (tertiary alicyclic amines) is 2. The molecular weight excluding hydrogens is 1020 g/mol. The van der Waals surface area contributed by atoms with Crippen molar-refractivity contribution in [2.45, 2.75) is 90.8 Å². The highest BCUT2D eigenvalue weighted by atomic mass is 35.5. The molecule has 0 bridgehead atoms. The summed E-state index contributed by atoms with van der Waals surface area (Å²) in [6.07, 6.45) is 9.00. The van der Waals surface area contributed by atoms with Crippen LogP contribution in [0.1, 0.15) is 94.4 Å².